The van der Waals surface area contributed by atoms with E-state index in [4.69, 9.17) is 0 Å². The molecule has 0 fully saturated rings. The van der Waals surface area contributed by atoms with E-state index >= 15 is 0 Å². The standard InChI is InChI=1S/C18H24F2N2S/c1-12-21-15(16(23-12)18(5,19)20)14(22-17(2,3)4)11-13-9-7-6-8-10-13/h6-10,14,22H,11H2,1-5H3. The number of benzene rings is 1. The topological polar surface area (TPSA) is 24.9 Å². The first-order valence-corrected chi connectivity index (χ1v) is 8.55. The number of aromatic nitrogens is 1. The van der Waals surface area contributed by atoms with E-state index in [1.54, 1.807) is 6.92 Å². The van der Waals surface area contributed by atoms with Gasteiger partial charge in [0.25, 0.3) is 5.92 Å². The minimum absolute atomic E-state index is 0.0627. The van der Waals surface area contributed by atoms with Crippen molar-refractivity contribution in [2.75, 3.05) is 0 Å². The van der Waals surface area contributed by atoms with E-state index < -0.39 is 5.92 Å². The maximum Gasteiger partial charge on any atom is 0.281 e. The molecule has 2 nitrogen and oxygen atoms in total. The summed E-state index contributed by atoms with van der Waals surface area (Å²) in [7, 11) is 0. The minimum Gasteiger partial charge on any atom is -0.304 e. The molecule has 1 aromatic heterocycles. The summed E-state index contributed by atoms with van der Waals surface area (Å²) >= 11 is 1.09. The molecule has 0 saturated carbocycles. The molecule has 0 bridgehead atoms. The van der Waals surface area contributed by atoms with Gasteiger partial charge in [-0.05, 0) is 39.7 Å². The Kier molecular flexibility index (Phi) is 5.21. The van der Waals surface area contributed by atoms with Crippen LogP contribution in [-0.2, 0) is 12.3 Å². The van der Waals surface area contributed by atoms with Gasteiger partial charge < -0.3 is 5.32 Å². The SMILES string of the molecule is Cc1nc(C(Cc2ccccc2)NC(C)(C)C)c(C(C)(F)F)s1. The molecule has 0 aliphatic heterocycles. The van der Waals surface area contributed by atoms with Crippen molar-refractivity contribution in [3.8, 4) is 0 Å². The first kappa shape index (κ1) is 18.0. The van der Waals surface area contributed by atoms with Crippen molar-refractivity contribution < 1.29 is 8.78 Å². The Morgan fingerprint density at radius 1 is 1.13 bits per heavy atom. The second-order valence-corrected chi connectivity index (χ2v) is 8.18. The second-order valence-electron chi connectivity index (χ2n) is 6.97. The van der Waals surface area contributed by atoms with Crippen LogP contribution in [0.3, 0.4) is 0 Å². The highest BCUT2D eigenvalue weighted by Gasteiger charge is 2.35. The van der Waals surface area contributed by atoms with Crippen molar-refractivity contribution in [2.24, 2.45) is 0 Å². The Morgan fingerprint density at radius 2 is 1.74 bits per heavy atom. The fraction of sp³-hybridized carbons (Fsp3) is 0.500. The molecular formula is C18H24F2N2S. The summed E-state index contributed by atoms with van der Waals surface area (Å²) in [6.45, 7) is 8.83. The van der Waals surface area contributed by atoms with Gasteiger partial charge in [0.1, 0.15) is 0 Å². The molecule has 1 N–H and O–H groups in total. The summed E-state index contributed by atoms with van der Waals surface area (Å²) < 4.78 is 28.0. The van der Waals surface area contributed by atoms with Gasteiger partial charge in [-0.2, -0.15) is 0 Å². The Hall–Kier alpha value is -1.33. The van der Waals surface area contributed by atoms with E-state index in [2.05, 4.69) is 10.3 Å². The van der Waals surface area contributed by atoms with Crippen LogP contribution >= 0.6 is 11.3 Å². The molecule has 2 rings (SSSR count). The van der Waals surface area contributed by atoms with Crippen molar-refractivity contribution in [3.63, 3.8) is 0 Å². The molecule has 0 spiro atoms. The lowest BCUT2D eigenvalue weighted by Crippen LogP contribution is -2.40. The Labute approximate surface area is 141 Å². The van der Waals surface area contributed by atoms with Crippen LogP contribution < -0.4 is 5.32 Å². The lowest BCUT2D eigenvalue weighted by Gasteiger charge is -2.29. The zero-order valence-corrected chi connectivity index (χ0v) is 15.1. The first-order chi connectivity index (χ1) is 10.6. The lowest BCUT2D eigenvalue weighted by molar-refractivity contribution is 0.0196. The first-order valence-electron chi connectivity index (χ1n) is 7.73. The van der Waals surface area contributed by atoms with E-state index in [1.807, 2.05) is 51.1 Å². The summed E-state index contributed by atoms with van der Waals surface area (Å²) in [6, 6.07) is 9.66. The lowest BCUT2D eigenvalue weighted by atomic mass is 9.97. The number of hydrogen-bond donors (Lipinski definition) is 1. The Balaban J connectivity index is 2.42. The third-order valence-electron chi connectivity index (χ3n) is 3.38. The van der Waals surface area contributed by atoms with Crippen LogP contribution in [0.25, 0.3) is 0 Å². The molecule has 2 aromatic rings. The van der Waals surface area contributed by atoms with Crippen LogP contribution in [-0.4, -0.2) is 10.5 Å². The van der Waals surface area contributed by atoms with Gasteiger partial charge in [0, 0.05) is 12.5 Å². The van der Waals surface area contributed by atoms with Crippen LogP contribution in [0, 0.1) is 6.92 Å². The Bertz CT molecular complexity index is 639. The molecule has 5 heteroatoms. The number of nitrogens with one attached hydrogen (secondary N) is 1. The van der Waals surface area contributed by atoms with Crippen LogP contribution in [0.1, 0.15) is 54.9 Å². The number of alkyl halides is 2. The fourth-order valence-electron chi connectivity index (χ4n) is 2.58. The van der Waals surface area contributed by atoms with Gasteiger partial charge in [-0.1, -0.05) is 30.3 Å². The van der Waals surface area contributed by atoms with Gasteiger partial charge in [0.15, 0.2) is 0 Å². The highest BCUT2D eigenvalue weighted by Crippen LogP contribution is 2.38. The quantitative estimate of drug-likeness (QED) is 0.807. The van der Waals surface area contributed by atoms with Gasteiger partial charge in [-0.15, -0.1) is 11.3 Å². The number of rotatable bonds is 5. The monoisotopic (exact) mass is 338 g/mol. The van der Waals surface area contributed by atoms with E-state index in [9.17, 15) is 8.78 Å². The van der Waals surface area contributed by atoms with Crippen molar-refractivity contribution in [1.29, 1.82) is 0 Å². The molecule has 0 aliphatic carbocycles. The summed E-state index contributed by atoms with van der Waals surface area (Å²) in [5.74, 6) is -2.88. The molecule has 23 heavy (non-hydrogen) atoms. The Morgan fingerprint density at radius 3 is 2.26 bits per heavy atom. The molecule has 126 valence electrons. The second kappa shape index (κ2) is 6.65. The molecule has 1 atom stereocenters. The summed E-state index contributed by atoms with van der Waals surface area (Å²) in [4.78, 5) is 4.50. The molecule has 0 radical (unpaired) electrons. The molecule has 1 heterocycles. The third kappa shape index (κ3) is 5.08. The van der Waals surface area contributed by atoms with E-state index in [1.165, 1.54) is 0 Å². The van der Waals surface area contributed by atoms with Crippen LogP contribution in [0.4, 0.5) is 8.78 Å². The smallest absolute Gasteiger partial charge is 0.281 e. The van der Waals surface area contributed by atoms with Gasteiger partial charge >= 0.3 is 0 Å². The number of halogens is 2. The molecule has 1 aromatic carbocycles. The maximum absolute atomic E-state index is 14.0. The van der Waals surface area contributed by atoms with Crippen LogP contribution in [0.15, 0.2) is 30.3 Å². The summed E-state index contributed by atoms with van der Waals surface area (Å²) in [6.07, 6.45) is 0.629. The van der Waals surface area contributed by atoms with E-state index in [-0.39, 0.29) is 16.5 Å². The average molecular weight is 338 g/mol. The van der Waals surface area contributed by atoms with Crippen molar-refractivity contribution in [1.82, 2.24) is 10.3 Å². The summed E-state index contributed by atoms with van der Waals surface area (Å²) in [5.41, 5.74) is 1.38. The zero-order valence-electron chi connectivity index (χ0n) is 14.3. The molecular weight excluding hydrogens is 314 g/mol. The highest BCUT2D eigenvalue weighted by atomic mass is 32.1. The van der Waals surface area contributed by atoms with Gasteiger partial charge in [-0.3, -0.25) is 0 Å². The van der Waals surface area contributed by atoms with E-state index in [0.29, 0.717) is 17.1 Å². The molecule has 1 unspecified atom stereocenters. The summed E-state index contributed by atoms with van der Waals surface area (Å²) in [5, 5.41) is 4.13. The molecule has 0 saturated heterocycles. The van der Waals surface area contributed by atoms with Gasteiger partial charge in [-0.25, -0.2) is 13.8 Å². The number of thiazole rings is 1. The normalized spacial score (nSPS) is 14.0. The predicted molar refractivity (Wildman–Crippen MR) is 92.2 cm³/mol. The fourth-order valence-corrected chi connectivity index (χ4v) is 3.49. The third-order valence-corrected chi connectivity index (χ3v) is 4.54. The number of aryl methyl sites for hydroxylation is 1. The predicted octanol–water partition coefficient (Wildman–Crippen LogP) is 5.24. The maximum atomic E-state index is 14.0. The minimum atomic E-state index is -2.88. The zero-order chi connectivity index (χ0) is 17.3. The molecule has 0 aliphatic rings. The van der Waals surface area contributed by atoms with Gasteiger partial charge in [0.05, 0.1) is 21.6 Å². The van der Waals surface area contributed by atoms with Crippen LogP contribution in [0.2, 0.25) is 0 Å². The number of nitrogens with zero attached hydrogens (tertiary/aromatic N) is 1. The van der Waals surface area contributed by atoms with Crippen molar-refractivity contribution in [3.05, 3.63) is 51.5 Å². The number of hydrogen-bond acceptors (Lipinski definition) is 3. The van der Waals surface area contributed by atoms with Crippen molar-refractivity contribution >= 4 is 11.3 Å². The van der Waals surface area contributed by atoms with E-state index in [0.717, 1.165) is 23.8 Å². The average Bonchev–Trinajstić information content (AvgIpc) is 2.80. The van der Waals surface area contributed by atoms with Crippen LogP contribution in [0.5, 0.6) is 0 Å². The highest BCUT2D eigenvalue weighted by molar-refractivity contribution is 7.11. The molecule has 0 amide bonds. The largest absolute Gasteiger partial charge is 0.304 e. The van der Waals surface area contributed by atoms with Gasteiger partial charge in [0.2, 0.25) is 0 Å². The van der Waals surface area contributed by atoms with Crippen molar-refractivity contribution in [2.45, 2.75) is 58.5 Å².